The third kappa shape index (κ3) is 4.90. The van der Waals surface area contributed by atoms with E-state index >= 15 is 0 Å². The lowest BCUT2D eigenvalue weighted by Crippen LogP contribution is -2.27. The van der Waals surface area contributed by atoms with Gasteiger partial charge < -0.3 is 0 Å². The second-order valence-corrected chi connectivity index (χ2v) is 8.65. The monoisotopic (exact) mass is 430 g/mol. The van der Waals surface area contributed by atoms with E-state index in [9.17, 15) is 9.59 Å². The van der Waals surface area contributed by atoms with Gasteiger partial charge in [0.05, 0.1) is 10.7 Å². The molecule has 2 amide bonds. The number of hydrogen-bond acceptors (Lipinski definition) is 4. The highest BCUT2D eigenvalue weighted by atomic mass is 32.2. The fourth-order valence-corrected chi connectivity index (χ4v) is 4.78. The Bertz CT molecular complexity index is 1060. The molecule has 1 aliphatic rings. The van der Waals surface area contributed by atoms with Crippen LogP contribution in [0.25, 0.3) is 6.08 Å². The average Bonchev–Trinajstić information content (AvgIpc) is 3.14. The maximum absolute atomic E-state index is 13.1. The normalized spacial score (nSPS) is 14.6. The van der Waals surface area contributed by atoms with Crippen LogP contribution in [-0.2, 0) is 9.59 Å². The molecule has 0 radical (unpaired) electrons. The molecule has 0 N–H and O–H groups in total. The van der Waals surface area contributed by atoms with E-state index in [1.807, 2.05) is 97.1 Å². The predicted molar refractivity (Wildman–Crippen MR) is 127 cm³/mol. The summed E-state index contributed by atoms with van der Waals surface area (Å²) >= 11 is 2.60. The largest absolute Gasteiger partial charge is 0.285 e. The Morgan fingerprint density at radius 3 is 1.97 bits per heavy atom. The summed E-state index contributed by atoms with van der Waals surface area (Å²) in [6.07, 6.45) is 1.83. The Hall–Kier alpha value is -3.09. The number of para-hydroxylation sites is 2. The van der Waals surface area contributed by atoms with Crippen LogP contribution in [0.3, 0.4) is 0 Å². The molecule has 3 aromatic carbocycles. The SMILES string of the molecule is O=C1N=C(SCC(=O)N(c2ccccc2)c2ccccc2)S/C1=C/c1ccccc1. The molecule has 6 heteroatoms. The Kier molecular flexibility index (Phi) is 6.47. The molecule has 0 unspecified atom stereocenters. The summed E-state index contributed by atoms with van der Waals surface area (Å²) in [6, 6.07) is 28.7. The molecule has 0 saturated carbocycles. The van der Waals surface area contributed by atoms with Gasteiger partial charge in [0.1, 0.15) is 4.38 Å². The van der Waals surface area contributed by atoms with Gasteiger partial charge in [0, 0.05) is 11.4 Å². The van der Waals surface area contributed by atoms with E-state index < -0.39 is 0 Å². The minimum atomic E-state index is -0.262. The van der Waals surface area contributed by atoms with Crippen molar-refractivity contribution >= 4 is 57.2 Å². The highest BCUT2D eigenvalue weighted by Crippen LogP contribution is 2.34. The zero-order chi connectivity index (χ0) is 20.8. The number of aliphatic imine (C=N–C) groups is 1. The van der Waals surface area contributed by atoms with Crippen LogP contribution in [0.5, 0.6) is 0 Å². The quantitative estimate of drug-likeness (QED) is 0.483. The number of thioether (sulfide) groups is 2. The van der Waals surface area contributed by atoms with Crippen LogP contribution in [0, 0.1) is 0 Å². The van der Waals surface area contributed by atoms with Crippen LogP contribution >= 0.6 is 23.5 Å². The predicted octanol–water partition coefficient (Wildman–Crippen LogP) is 5.76. The molecular weight excluding hydrogens is 412 g/mol. The van der Waals surface area contributed by atoms with Crippen molar-refractivity contribution in [3.63, 3.8) is 0 Å². The number of amides is 2. The maximum atomic E-state index is 13.1. The molecule has 3 aromatic rings. The minimum Gasteiger partial charge on any atom is -0.280 e. The van der Waals surface area contributed by atoms with Gasteiger partial charge in [0.25, 0.3) is 5.91 Å². The summed E-state index contributed by atoms with van der Waals surface area (Å²) < 4.78 is 0.594. The lowest BCUT2D eigenvalue weighted by Gasteiger charge is -2.22. The van der Waals surface area contributed by atoms with Crippen molar-refractivity contribution < 1.29 is 9.59 Å². The molecule has 4 nitrogen and oxygen atoms in total. The van der Waals surface area contributed by atoms with Crippen molar-refractivity contribution in [3.8, 4) is 0 Å². The number of rotatable bonds is 5. The molecule has 0 spiro atoms. The lowest BCUT2D eigenvalue weighted by atomic mass is 10.2. The molecule has 4 rings (SSSR count). The molecule has 0 fully saturated rings. The van der Waals surface area contributed by atoms with Crippen LogP contribution in [-0.4, -0.2) is 21.9 Å². The van der Waals surface area contributed by atoms with Gasteiger partial charge in [-0.3, -0.25) is 14.5 Å². The summed E-state index contributed by atoms with van der Waals surface area (Å²) in [4.78, 5) is 31.7. The van der Waals surface area contributed by atoms with Crippen molar-refractivity contribution in [1.29, 1.82) is 0 Å². The number of nitrogens with zero attached hydrogens (tertiary/aromatic N) is 2. The number of anilines is 2. The Labute approximate surface area is 183 Å². The maximum Gasteiger partial charge on any atom is 0.285 e. The number of carbonyl (C=O) groups excluding carboxylic acids is 2. The van der Waals surface area contributed by atoms with E-state index in [2.05, 4.69) is 4.99 Å². The molecule has 30 heavy (non-hydrogen) atoms. The fourth-order valence-electron chi connectivity index (χ4n) is 2.93. The minimum absolute atomic E-state index is 0.0753. The van der Waals surface area contributed by atoms with Crippen molar-refractivity contribution in [1.82, 2.24) is 0 Å². The van der Waals surface area contributed by atoms with E-state index in [4.69, 9.17) is 0 Å². The first-order valence-corrected chi connectivity index (χ1v) is 11.1. The van der Waals surface area contributed by atoms with Crippen LogP contribution in [0.15, 0.2) is 101 Å². The van der Waals surface area contributed by atoms with Crippen LogP contribution in [0.2, 0.25) is 0 Å². The third-order valence-electron chi connectivity index (χ3n) is 4.30. The first-order valence-electron chi connectivity index (χ1n) is 9.34. The summed E-state index contributed by atoms with van der Waals surface area (Å²) in [6.45, 7) is 0. The summed E-state index contributed by atoms with van der Waals surface area (Å²) in [5.74, 6) is -0.156. The van der Waals surface area contributed by atoms with E-state index in [0.29, 0.717) is 9.28 Å². The van der Waals surface area contributed by atoms with E-state index in [1.165, 1.54) is 23.5 Å². The topological polar surface area (TPSA) is 49.7 Å². The Morgan fingerprint density at radius 1 is 0.867 bits per heavy atom. The van der Waals surface area contributed by atoms with Gasteiger partial charge in [-0.15, -0.1) is 0 Å². The smallest absolute Gasteiger partial charge is 0.280 e. The molecule has 1 heterocycles. The van der Waals surface area contributed by atoms with Gasteiger partial charge in [0.15, 0.2) is 0 Å². The van der Waals surface area contributed by atoms with Gasteiger partial charge in [-0.1, -0.05) is 90.3 Å². The standard InChI is InChI=1S/C24H18N2O2S2/c27-22(26(19-12-6-2-7-13-19)20-14-8-3-9-15-20)17-29-24-25-23(28)21(30-24)16-18-10-4-1-5-11-18/h1-16H,17H2/b21-16+. The van der Waals surface area contributed by atoms with E-state index in [0.717, 1.165) is 16.9 Å². The molecule has 0 bridgehead atoms. The molecule has 148 valence electrons. The lowest BCUT2D eigenvalue weighted by molar-refractivity contribution is -0.115. The molecule has 0 saturated heterocycles. The second-order valence-electron chi connectivity index (χ2n) is 6.39. The van der Waals surface area contributed by atoms with Crippen molar-refractivity contribution in [2.24, 2.45) is 4.99 Å². The molecule has 1 aliphatic heterocycles. The number of hydrogen-bond donors (Lipinski definition) is 0. The van der Waals surface area contributed by atoms with Gasteiger partial charge >= 0.3 is 0 Å². The van der Waals surface area contributed by atoms with Gasteiger partial charge in [-0.05, 0) is 35.9 Å². The van der Waals surface area contributed by atoms with E-state index in [1.54, 1.807) is 4.90 Å². The second kappa shape index (κ2) is 9.61. The van der Waals surface area contributed by atoms with Gasteiger partial charge in [-0.2, -0.15) is 4.99 Å². The first-order chi connectivity index (χ1) is 14.7. The highest BCUT2D eigenvalue weighted by Gasteiger charge is 2.24. The fraction of sp³-hybridized carbons (Fsp3) is 0.0417. The van der Waals surface area contributed by atoms with E-state index in [-0.39, 0.29) is 17.6 Å². The molecular formula is C24H18N2O2S2. The summed E-state index contributed by atoms with van der Waals surface area (Å²) in [7, 11) is 0. The van der Waals surface area contributed by atoms with Gasteiger partial charge in [0.2, 0.25) is 5.91 Å². The van der Waals surface area contributed by atoms with Crippen LogP contribution in [0.4, 0.5) is 11.4 Å². The van der Waals surface area contributed by atoms with Crippen LogP contribution in [0.1, 0.15) is 5.56 Å². The summed E-state index contributed by atoms with van der Waals surface area (Å²) in [5, 5.41) is 0. The van der Waals surface area contributed by atoms with Gasteiger partial charge in [-0.25, -0.2) is 0 Å². The van der Waals surface area contributed by atoms with Crippen molar-refractivity contribution in [3.05, 3.63) is 101 Å². The zero-order valence-corrected chi connectivity index (χ0v) is 17.6. The third-order valence-corrected chi connectivity index (χ3v) is 6.41. The Morgan fingerprint density at radius 2 is 1.40 bits per heavy atom. The molecule has 0 aromatic heterocycles. The first kappa shape index (κ1) is 20.2. The van der Waals surface area contributed by atoms with Crippen LogP contribution < -0.4 is 4.90 Å². The Balaban J connectivity index is 1.46. The zero-order valence-electron chi connectivity index (χ0n) is 16.0. The average molecular weight is 431 g/mol. The number of benzene rings is 3. The molecule has 0 aliphatic carbocycles. The van der Waals surface area contributed by atoms with Crippen molar-refractivity contribution in [2.45, 2.75) is 0 Å². The number of carbonyl (C=O) groups is 2. The highest BCUT2D eigenvalue weighted by molar-refractivity contribution is 8.41. The summed E-state index contributed by atoms with van der Waals surface area (Å²) in [5.41, 5.74) is 2.55. The molecule has 0 atom stereocenters. The van der Waals surface area contributed by atoms with Crippen molar-refractivity contribution in [2.75, 3.05) is 10.7 Å².